The number of benzene rings is 2. The summed E-state index contributed by atoms with van der Waals surface area (Å²) in [5, 5.41) is 9.90. The molecule has 196 valence electrons. The molecule has 0 aromatic heterocycles. The molecule has 2 aliphatic heterocycles. The summed E-state index contributed by atoms with van der Waals surface area (Å²) < 4.78 is 0. The molecule has 3 fully saturated rings. The van der Waals surface area contributed by atoms with Crippen molar-refractivity contribution in [3.8, 4) is 5.75 Å². The molecule has 1 N–H and O–H groups in total. The SMILES string of the molecule is O=C1C2CC=C3C(CC4(Cl)C(=O)N(CBr)C(=O)C4(Cl)C3c3ccc(O)cc3)C2C(=O)N1Cc1ccccc1. The number of alkyl halides is 3. The summed E-state index contributed by atoms with van der Waals surface area (Å²) in [5.41, 5.74) is 2.08. The summed E-state index contributed by atoms with van der Waals surface area (Å²) >= 11 is 17.5. The number of halogens is 3. The molecule has 0 bridgehead atoms. The summed E-state index contributed by atoms with van der Waals surface area (Å²) in [6.45, 7) is 0.162. The molecule has 2 heterocycles. The highest BCUT2D eigenvalue weighted by Gasteiger charge is 2.76. The molecular formula is C28H23BrCl2N2O5. The largest absolute Gasteiger partial charge is 0.508 e. The van der Waals surface area contributed by atoms with Crippen LogP contribution in [0.15, 0.2) is 66.2 Å². The van der Waals surface area contributed by atoms with Gasteiger partial charge in [0, 0.05) is 5.92 Å². The summed E-state index contributed by atoms with van der Waals surface area (Å²) in [5.74, 6) is -4.47. The Morgan fingerprint density at radius 2 is 1.58 bits per heavy atom. The number of rotatable bonds is 4. The second-order valence-corrected chi connectivity index (χ2v) is 12.1. The zero-order chi connectivity index (χ0) is 27.0. The Morgan fingerprint density at radius 3 is 2.24 bits per heavy atom. The molecule has 2 aromatic rings. The van der Waals surface area contributed by atoms with Crippen LogP contribution in [0.3, 0.4) is 0 Å². The van der Waals surface area contributed by atoms with Crippen LogP contribution in [0.1, 0.15) is 29.9 Å². The van der Waals surface area contributed by atoms with Gasteiger partial charge >= 0.3 is 0 Å². The highest BCUT2D eigenvalue weighted by molar-refractivity contribution is 9.09. The number of nitrogens with zero attached hydrogens (tertiary/aromatic N) is 2. The first-order chi connectivity index (χ1) is 18.1. The predicted molar refractivity (Wildman–Crippen MR) is 143 cm³/mol. The standard InChI is InChI=1S/C28H23BrCl2N2O5/c29-14-33-25(37)27(30)12-20-18(22(28(27,31)26(33)38)16-6-8-17(34)9-7-16)10-11-19-21(20)24(36)32(23(19)35)13-15-4-2-1-3-5-15/h1-10,19-22,34H,11-14H2. The Hall–Kier alpha value is -2.68. The molecule has 2 aromatic carbocycles. The summed E-state index contributed by atoms with van der Waals surface area (Å²) in [6, 6.07) is 15.6. The molecule has 6 unspecified atom stereocenters. The number of imide groups is 2. The lowest BCUT2D eigenvalue weighted by molar-refractivity contribution is -0.141. The van der Waals surface area contributed by atoms with E-state index in [9.17, 15) is 24.3 Å². The highest BCUT2D eigenvalue weighted by Crippen LogP contribution is 2.65. The molecular weight excluding hydrogens is 595 g/mol. The van der Waals surface area contributed by atoms with Gasteiger partial charge in [-0.25, -0.2) is 0 Å². The van der Waals surface area contributed by atoms with E-state index < -0.39 is 45.2 Å². The van der Waals surface area contributed by atoms with Crippen molar-refractivity contribution in [2.75, 3.05) is 5.45 Å². The average molecular weight is 618 g/mol. The van der Waals surface area contributed by atoms with Crippen molar-refractivity contribution in [3.05, 3.63) is 77.4 Å². The minimum Gasteiger partial charge on any atom is -0.508 e. The van der Waals surface area contributed by atoms with E-state index >= 15 is 0 Å². The highest BCUT2D eigenvalue weighted by atomic mass is 79.9. The average Bonchev–Trinajstić information content (AvgIpc) is 3.23. The van der Waals surface area contributed by atoms with Crippen molar-refractivity contribution >= 4 is 62.8 Å². The quantitative estimate of drug-likeness (QED) is 0.239. The van der Waals surface area contributed by atoms with Crippen molar-refractivity contribution in [3.63, 3.8) is 0 Å². The lowest BCUT2D eigenvalue weighted by Gasteiger charge is -2.50. The molecule has 4 amide bonds. The predicted octanol–water partition coefficient (Wildman–Crippen LogP) is 4.30. The Kier molecular flexibility index (Phi) is 6.01. The van der Waals surface area contributed by atoms with E-state index in [1.165, 1.54) is 17.0 Å². The molecule has 2 aliphatic carbocycles. The van der Waals surface area contributed by atoms with Crippen molar-refractivity contribution in [2.24, 2.45) is 17.8 Å². The Balaban J connectivity index is 1.47. The van der Waals surface area contributed by atoms with Crippen LogP contribution in [0.25, 0.3) is 0 Å². The maximum atomic E-state index is 13.8. The van der Waals surface area contributed by atoms with Crippen molar-refractivity contribution in [2.45, 2.75) is 35.1 Å². The van der Waals surface area contributed by atoms with Gasteiger partial charge in [0.2, 0.25) is 11.8 Å². The van der Waals surface area contributed by atoms with Gasteiger partial charge in [-0.15, -0.1) is 23.2 Å². The topological polar surface area (TPSA) is 95.0 Å². The summed E-state index contributed by atoms with van der Waals surface area (Å²) in [4.78, 5) is 53.2. The maximum absolute atomic E-state index is 13.8. The van der Waals surface area contributed by atoms with Crippen LogP contribution < -0.4 is 0 Å². The molecule has 10 heteroatoms. The molecule has 0 spiro atoms. The van der Waals surface area contributed by atoms with E-state index in [1.807, 2.05) is 36.4 Å². The van der Waals surface area contributed by atoms with Crippen LogP contribution in [0.5, 0.6) is 5.75 Å². The number of aromatic hydroxyl groups is 1. The zero-order valence-corrected chi connectivity index (χ0v) is 23.1. The van der Waals surface area contributed by atoms with Gasteiger partial charge in [0.25, 0.3) is 11.8 Å². The maximum Gasteiger partial charge on any atom is 0.254 e. The van der Waals surface area contributed by atoms with Crippen molar-refractivity contribution in [1.82, 2.24) is 9.80 Å². The fourth-order valence-corrected chi connectivity index (χ4v) is 8.21. The van der Waals surface area contributed by atoms with Gasteiger partial charge in [0.05, 0.1) is 23.8 Å². The smallest absolute Gasteiger partial charge is 0.254 e. The first kappa shape index (κ1) is 25.6. The lowest BCUT2D eigenvalue weighted by Crippen LogP contribution is -2.60. The van der Waals surface area contributed by atoms with Crippen LogP contribution >= 0.6 is 39.1 Å². The number of carbonyl (C=O) groups is 4. The number of hydrogen-bond donors (Lipinski definition) is 1. The van der Waals surface area contributed by atoms with E-state index in [-0.39, 0.29) is 36.0 Å². The summed E-state index contributed by atoms with van der Waals surface area (Å²) in [7, 11) is 0. The van der Waals surface area contributed by atoms with E-state index in [4.69, 9.17) is 23.2 Å². The summed E-state index contributed by atoms with van der Waals surface area (Å²) in [6.07, 6.45) is 2.16. The molecule has 6 rings (SSSR count). The number of carbonyl (C=O) groups excluding carboxylic acids is 4. The fraction of sp³-hybridized carbons (Fsp3) is 0.357. The van der Waals surface area contributed by atoms with Crippen LogP contribution in [0.4, 0.5) is 0 Å². The first-order valence-electron chi connectivity index (χ1n) is 12.3. The third-order valence-corrected chi connectivity index (χ3v) is 10.4. The third-order valence-electron chi connectivity index (χ3n) is 8.52. The van der Waals surface area contributed by atoms with Gasteiger partial charge in [0.1, 0.15) is 5.75 Å². The van der Waals surface area contributed by atoms with Gasteiger partial charge in [-0.1, -0.05) is 70.0 Å². The van der Waals surface area contributed by atoms with Gasteiger partial charge in [0.15, 0.2) is 9.75 Å². The van der Waals surface area contributed by atoms with Gasteiger partial charge < -0.3 is 5.11 Å². The van der Waals surface area contributed by atoms with Crippen molar-refractivity contribution in [1.29, 1.82) is 0 Å². The number of amides is 4. The minimum atomic E-state index is -1.85. The van der Waals surface area contributed by atoms with E-state index in [1.54, 1.807) is 12.1 Å². The minimum absolute atomic E-state index is 0.0311. The zero-order valence-electron chi connectivity index (χ0n) is 20.0. The molecule has 0 radical (unpaired) electrons. The molecule has 1 saturated carbocycles. The monoisotopic (exact) mass is 616 g/mol. The van der Waals surface area contributed by atoms with Gasteiger partial charge in [-0.3, -0.25) is 29.0 Å². The van der Waals surface area contributed by atoms with Gasteiger partial charge in [-0.2, -0.15) is 0 Å². The molecule has 38 heavy (non-hydrogen) atoms. The Bertz CT molecular complexity index is 1400. The number of phenols is 1. The van der Waals surface area contributed by atoms with E-state index in [2.05, 4.69) is 15.9 Å². The Labute approximate surface area is 237 Å². The Morgan fingerprint density at radius 1 is 0.895 bits per heavy atom. The first-order valence-corrected chi connectivity index (χ1v) is 14.2. The van der Waals surface area contributed by atoms with Gasteiger partial charge in [-0.05, 0) is 42.0 Å². The normalized spacial score (nSPS) is 34.2. The fourth-order valence-electron chi connectivity index (χ4n) is 6.78. The van der Waals surface area contributed by atoms with Crippen molar-refractivity contribution < 1.29 is 24.3 Å². The van der Waals surface area contributed by atoms with Crippen LogP contribution in [-0.2, 0) is 25.7 Å². The van der Waals surface area contributed by atoms with E-state index in [0.29, 0.717) is 12.0 Å². The van der Waals surface area contributed by atoms with Crippen LogP contribution in [0, 0.1) is 17.8 Å². The van der Waals surface area contributed by atoms with E-state index in [0.717, 1.165) is 16.0 Å². The number of likely N-dealkylation sites (tertiary alicyclic amines) is 2. The number of phenolic OH excluding ortho intramolecular Hbond substituents is 1. The lowest BCUT2D eigenvalue weighted by atomic mass is 9.56. The second kappa shape index (κ2) is 8.93. The molecule has 2 saturated heterocycles. The molecule has 7 nitrogen and oxygen atoms in total. The van der Waals surface area contributed by atoms with Crippen LogP contribution in [0.2, 0.25) is 0 Å². The molecule has 4 aliphatic rings. The number of allylic oxidation sites excluding steroid dienone is 2. The second-order valence-electron chi connectivity index (χ2n) is 10.3. The van der Waals surface area contributed by atoms with Crippen LogP contribution in [-0.4, -0.2) is 53.7 Å². The number of fused-ring (bicyclic) bond motifs is 4. The third kappa shape index (κ3) is 3.32. The number of hydrogen-bond acceptors (Lipinski definition) is 5. The molecule has 6 atom stereocenters.